The average Bonchev–Trinajstić information content (AvgIpc) is 3.09. The lowest BCUT2D eigenvalue weighted by atomic mass is 10.2. The van der Waals surface area contributed by atoms with E-state index in [0.717, 1.165) is 55.9 Å². The molecule has 30 heavy (non-hydrogen) atoms. The van der Waals surface area contributed by atoms with E-state index >= 15 is 0 Å². The molecule has 8 heteroatoms. The summed E-state index contributed by atoms with van der Waals surface area (Å²) in [6.07, 6.45) is 7.81. The predicted octanol–water partition coefficient (Wildman–Crippen LogP) is 4.11. The van der Waals surface area contributed by atoms with Crippen molar-refractivity contribution in [1.29, 1.82) is 0 Å². The number of hydrogen-bond acceptors (Lipinski definition) is 4. The topological polar surface area (TPSA) is 37.2 Å². The number of rotatable bonds is 5. The highest BCUT2D eigenvalue weighted by Crippen LogP contribution is 2.20. The Balaban J connectivity index is 0.00000256. The SMILES string of the molecule is Cc1c(/C=C/CN2CCN(c3cc(F)cc(F)c3)CC2)cnn1-c1ccccn1.Cl. The molecule has 3 heterocycles. The van der Waals surface area contributed by atoms with Crippen molar-refractivity contribution in [2.24, 2.45) is 0 Å². The molecule has 0 bridgehead atoms. The zero-order valence-electron chi connectivity index (χ0n) is 16.7. The van der Waals surface area contributed by atoms with Crippen molar-refractivity contribution in [2.45, 2.75) is 6.92 Å². The molecule has 0 atom stereocenters. The third-order valence-electron chi connectivity index (χ3n) is 5.16. The first kappa shape index (κ1) is 21.9. The maximum absolute atomic E-state index is 13.4. The summed E-state index contributed by atoms with van der Waals surface area (Å²) in [7, 11) is 0. The van der Waals surface area contributed by atoms with Crippen LogP contribution in [0.1, 0.15) is 11.3 Å². The summed E-state index contributed by atoms with van der Waals surface area (Å²) in [6, 6.07) is 9.44. The van der Waals surface area contributed by atoms with Crippen molar-refractivity contribution in [2.75, 3.05) is 37.6 Å². The number of nitrogens with zero attached hydrogens (tertiary/aromatic N) is 5. The van der Waals surface area contributed by atoms with Gasteiger partial charge in [0.05, 0.1) is 11.9 Å². The molecule has 5 nitrogen and oxygen atoms in total. The van der Waals surface area contributed by atoms with E-state index in [1.807, 2.05) is 40.9 Å². The van der Waals surface area contributed by atoms with Gasteiger partial charge in [-0.05, 0) is 31.2 Å². The van der Waals surface area contributed by atoms with Crippen LogP contribution in [0.2, 0.25) is 0 Å². The van der Waals surface area contributed by atoms with Crippen LogP contribution < -0.4 is 4.90 Å². The van der Waals surface area contributed by atoms with E-state index in [0.29, 0.717) is 5.69 Å². The number of benzene rings is 1. The second-order valence-electron chi connectivity index (χ2n) is 7.10. The Hall–Kier alpha value is -2.77. The molecule has 1 aliphatic rings. The highest BCUT2D eigenvalue weighted by Gasteiger charge is 2.17. The van der Waals surface area contributed by atoms with E-state index < -0.39 is 11.6 Å². The fourth-order valence-corrected chi connectivity index (χ4v) is 3.54. The Morgan fingerprint density at radius 3 is 2.43 bits per heavy atom. The van der Waals surface area contributed by atoms with Crippen LogP contribution in [0.25, 0.3) is 11.9 Å². The van der Waals surface area contributed by atoms with Crippen molar-refractivity contribution < 1.29 is 8.78 Å². The zero-order chi connectivity index (χ0) is 20.2. The number of hydrogen-bond donors (Lipinski definition) is 0. The molecule has 0 radical (unpaired) electrons. The van der Waals surface area contributed by atoms with Crippen molar-refractivity contribution >= 4 is 24.2 Å². The summed E-state index contributed by atoms with van der Waals surface area (Å²) < 4.78 is 28.7. The van der Waals surface area contributed by atoms with E-state index in [1.165, 1.54) is 12.1 Å². The Kier molecular flexibility index (Phi) is 7.18. The zero-order valence-corrected chi connectivity index (χ0v) is 17.5. The smallest absolute Gasteiger partial charge is 0.153 e. The minimum Gasteiger partial charge on any atom is -0.369 e. The van der Waals surface area contributed by atoms with Gasteiger partial charge in [-0.3, -0.25) is 4.90 Å². The number of aromatic nitrogens is 3. The summed E-state index contributed by atoms with van der Waals surface area (Å²) in [6.45, 7) is 6.02. The largest absolute Gasteiger partial charge is 0.369 e. The number of pyridine rings is 1. The van der Waals surface area contributed by atoms with Gasteiger partial charge in [0.15, 0.2) is 5.82 Å². The molecule has 0 N–H and O–H groups in total. The molecule has 0 aliphatic carbocycles. The molecule has 0 amide bonds. The molecule has 4 rings (SSSR count). The molecular weight excluding hydrogens is 408 g/mol. The minimum absolute atomic E-state index is 0. The molecule has 0 unspecified atom stereocenters. The Morgan fingerprint density at radius 2 is 1.77 bits per heavy atom. The van der Waals surface area contributed by atoms with Crippen LogP contribution >= 0.6 is 12.4 Å². The van der Waals surface area contributed by atoms with E-state index in [1.54, 1.807) is 6.20 Å². The Bertz CT molecular complexity index is 978. The van der Waals surface area contributed by atoms with Gasteiger partial charge in [-0.25, -0.2) is 18.4 Å². The molecular formula is C22H24ClF2N5. The maximum Gasteiger partial charge on any atom is 0.153 e. The lowest BCUT2D eigenvalue weighted by molar-refractivity contribution is 0.284. The lowest BCUT2D eigenvalue weighted by Crippen LogP contribution is -2.46. The van der Waals surface area contributed by atoms with Crippen molar-refractivity contribution in [3.8, 4) is 5.82 Å². The molecule has 2 aromatic heterocycles. The van der Waals surface area contributed by atoms with Crippen LogP contribution in [0, 0.1) is 18.6 Å². The van der Waals surface area contributed by atoms with Crippen LogP contribution in [0.4, 0.5) is 14.5 Å². The molecule has 1 aromatic carbocycles. The Morgan fingerprint density at radius 1 is 1.03 bits per heavy atom. The molecule has 0 spiro atoms. The second kappa shape index (κ2) is 9.82. The fourth-order valence-electron chi connectivity index (χ4n) is 3.54. The highest BCUT2D eigenvalue weighted by molar-refractivity contribution is 5.85. The van der Waals surface area contributed by atoms with Crippen LogP contribution in [-0.4, -0.2) is 52.4 Å². The Labute approximate surface area is 181 Å². The molecule has 1 saturated heterocycles. The summed E-state index contributed by atoms with van der Waals surface area (Å²) in [5.74, 6) is -0.270. The van der Waals surface area contributed by atoms with Crippen molar-refractivity contribution in [1.82, 2.24) is 19.7 Å². The first-order valence-corrected chi connectivity index (χ1v) is 9.66. The summed E-state index contributed by atoms with van der Waals surface area (Å²) in [5, 5.41) is 4.43. The maximum atomic E-state index is 13.4. The average molecular weight is 432 g/mol. The molecule has 158 valence electrons. The fraction of sp³-hybridized carbons (Fsp3) is 0.273. The summed E-state index contributed by atoms with van der Waals surface area (Å²) in [5.41, 5.74) is 2.71. The summed E-state index contributed by atoms with van der Waals surface area (Å²) in [4.78, 5) is 8.68. The number of anilines is 1. The number of halogens is 3. The third-order valence-corrected chi connectivity index (χ3v) is 5.16. The van der Waals surface area contributed by atoms with Gasteiger partial charge in [0.25, 0.3) is 0 Å². The highest BCUT2D eigenvalue weighted by atomic mass is 35.5. The van der Waals surface area contributed by atoms with Gasteiger partial charge in [-0.15, -0.1) is 12.4 Å². The first-order chi connectivity index (χ1) is 14.1. The van der Waals surface area contributed by atoms with Crippen molar-refractivity contribution in [3.05, 3.63) is 77.8 Å². The third kappa shape index (κ3) is 5.04. The quantitative estimate of drug-likeness (QED) is 0.609. The normalized spacial score (nSPS) is 14.8. The van der Waals surface area contributed by atoms with E-state index in [2.05, 4.69) is 27.1 Å². The van der Waals surface area contributed by atoms with E-state index in [-0.39, 0.29) is 12.4 Å². The molecule has 1 fully saturated rings. The molecule has 0 saturated carbocycles. The van der Waals surface area contributed by atoms with E-state index in [4.69, 9.17) is 0 Å². The van der Waals surface area contributed by atoms with Gasteiger partial charge in [-0.1, -0.05) is 18.2 Å². The van der Waals surface area contributed by atoms with Gasteiger partial charge in [-0.2, -0.15) is 5.10 Å². The molecule has 1 aliphatic heterocycles. The van der Waals surface area contributed by atoms with Gasteiger partial charge in [0.2, 0.25) is 0 Å². The summed E-state index contributed by atoms with van der Waals surface area (Å²) >= 11 is 0. The predicted molar refractivity (Wildman–Crippen MR) is 117 cm³/mol. The minimum atomic E-state index is -0.535. The van der Waals surface area contributed by atoms with Crippen LogP contribution in [0.5, 0.6) is 0 Å². The van der Waals surface area contributed by atoms with Crippen molar-refractivity contribution in [3.63, 3.8) is 0 Å². The standard InChI is InChI=1S/C22H23F2N5.ClH/c1-17-18(16-26-29(17)22-6-2-3-7-25-22)5-4-8-27-9-11-28(12-10-27)21-14-19(23)13-20(24)15-21;/h2-7,13-16H,8-12H2,1H3;1H/b5-4+;. The second-order valence-corrected chi connectivity index (χ2v) is 7.10. The number of piperazine rings is 1. The van der Waals surface area contributed by atoms with Crippen LogP contribution in [-0.2, 0) is 0 Å². The first-order valence-electron chi connectivity index (χ1n) is 9.66. The van der Waals surface area contributed by atoms with Crippen LogP contribution in [0.3, 0.4) is 0 Å². The van der Waals surface area contributed by atoms with Gasteiger partial charge < -0.3 is 4.90 Å². The lowest BCUT2D eigenvalue weighted by Gasteiger charge is -2.35. The molecule has 3 aromatic rings. The van der Waals surface area contributed by atoms with Gasteiger partial charge in [0, 0.05) is 56.2 Å². The van der Waals surface area contributed by atoms with Gasteiger partial charge >= 0.3 is 0 Å². The van der Waals surface area contributed by atoms with E-state index in [9.17, 15) is 8.78 Å². The van der Waals surface area contributed by atoms with Crippen LogP contribution in [0.15, 0.2) is 54.9 Å². The monoisotopic (exact) mass is 431 g/mol. The van der Waals surface area contributed by atoms with Gasteiger partial charge in [0.1, 0.15) is 11.6 Å².